The molecule has 5 rings (SSSR count). The summed E-state index contributed by atoms with van der Waals surface area (Å²) in [5.41, 5.74) is 9.74. The number of piperazine rings is 1. The number of pyridine rings is 2. The van der Waals surface area contributed by atoms with Crippen molar-refractivity contribution in [3.05, 3.63) is 67.0 Å². The van der Waals surface area contributed by atoms with Crippen LogP contribution < -0.4 is 20.7 Å². The second kappa shape index (κ2) is 10.5. The van der Waals surface area contributed by atoms with E-state index in [1.807, 2.05) is 18.2 Å². The maximum Gasteiger partial charge on any atom is 0.229 e. The number of likely N-dealkylation sites (N-methyl/N-ethyl adjacent to an activating group) is 1. The van der Waals surface area contributed by atoms with Gasteiger partial charge in [0.15, 0.2) is 0 Å². The predicted molar refractivity (Wildman–Crippen MR) is 146 cm³/mol. The molecule has 4 aromatic rings. The molecule has 11 nitrogen and oxygen atoms in total. The standard InChI is InChI=1S/C25H27N9O2S/c1-16(32-37(35)36)17-4-3-5-18(14-17)22-23-20(8-9-27-22)24(26)31-25(30-23)29-19-6-7-21(28-15-19)34-12-10-33(2)11-13-34/h3-9,14-15,32H,1,10-13H2,2H3,(H,35,36)(H3,26,29,30,31)/p-1. The lowest BCUT2D eigenvalue weighted by Crippen LogP contribution is -2.44. The Kier molecular flexibility index (Phi) is 6.95. The van der Waals surface area contributed by atoms with Crippen LogP contribution >= 0.6 is 0 Å². The van der Waals surface area contributed by atoms with Crippen LogP contribution in [0.5, 0.6) is 0 Å². The zero-order chi connectivity index (χ0) is 25.9. The lowest BCUT2D eigenvalue weighted by atomic mass is 10.0. The number of aromatic nitrogens is 4. The van der Waals surface area contributed by atoms with Crippen LogP contribution in [0.4, 0.5) is 23.3 Å². The van der Waals surface area contributed by atoms with Crippen molar-refractivity contribution in [3.8, 4) is 11.3 Å². The molecule has 1 aromatic carbocycles. The fraction of sp³-hybridized carbons (Fsp3) is 0.200. The van der Waals surface area contributed by atoms with Crippen LogP contribution in [-0.2, 0) is 11.3 Å². The number of nitrogen functional groups attached to an aromatic ring is 1. The van der Waals surface area contributed by atoms with Crippen LogP contribution in [-0.4, -0.2) is 66.8 Å². The molecule has 1 aliphatic rings. The number of benzene rings is 1. The van der Waals surface area contributed by atoms with Gasteiger partial charge in [-0.2, -0.15) is 4.98 Å². The number of hydrogen-bond acceptors (Lipinski definition) is 10. The first kappa shape index (κ1) is 24.6. The average Bonchev–Trinajstić information content (AvgIpc) is 2.89. The van der Waals surface area contributed by atoms with Gasteiger partial charge in [0.2, 0.25) is 5.95 Å². The highest BCUT2D eigenvalue weighted by Crippen LogP contribution is 2.30. The summed E-state index contributed by atoms with van der Waals surface area (Å²) in [5, 5.41) is 3.85. The van der Waals surface area contributed by atoms with Crippen molar-refractivity contribution in [1.29, 1.82) is 0 Å². The fourth-order valence-corrected chi connectivity index (χ4v) is 4.49. The minimum atomic E-state index is -2.47. The third kappa shape index (κ3) is 5.50. The Bertz CT molecular complexity index is 1470. The van der Waals surface area contributed by atoms with Gasteiger partial charge in [0.1, 0.15) is 17.2 Å². The van der Waals surface area contributed by atoms with E-state index >= 15 is 0 Å². The Hall–Kier alpha value is -4.13. The lowest BCUT2D eigenvalue weighted by Gasteiger charge is -2.33. The Morgan fingerprint density at radius 2 is 1.92 bits per heavy atom. The van der Waals surface area contributed by atoms with Gasteiger partial charge in [-0.3, -0.25) is 9.19 Å². The van der Waals surface area contributed by atoms with Gasteiger partial charge in [-0.1, -0.05) is 24.8 Å². The van der Waals surface area contributed by atoms with Gasteiger partial charge in [-0.05, 0) is 36.9 Å². The molecule has 1 aliphatic heterocycles. The van der Waals surface area contributed by atoms with Crippen molar-refractivity contribution < 1.29 is 8.76 Å². The highest BCUT2D eigenvalue weighted by atomic mass is 32.2. The topological polar surface area (TPSA) is 148 Å². The molecule has 0 radical (unpaired) electrons. The van der Waals surface area contributed by atoms with Crippen LogP contribution in [0, 0.1) is 0 Å². The van der Waals surface area contributed by atoms with E-state index in [0.29, 0.717) is 33.9 Å². The predicted octanol–water partition coefficient (Wildman–Crippen LogP) is 2.52. The summed E-state index contributed by atoms with van der Waals surface area (Å²) < 4.78 is 24.3. The number of nitrogens with one attached hydrogen (secondary N) is 2. The molecule has 3 aromatic heterocycles. The van der Waals surface area contributed by atoms with Gasteiger partial charge in [-0.15, -0.1) is 0 Å². The van der Waals surface area contributed by atoms with E-state index < -0.39 is 11.3 Å². The van der Waals surface area contributed by atoms with E-state index in [1.165, 1.54) is 0 Å². The number of nitrogens with zero attached hydrogens (tertiary/aromatic N) is 6. The zero-order valence-electron chi connectivity index (χ0n) is 20.2. The SMILES string of the molecule is C=C(NS(=O)[O-])c1cccc(-c2nccc3c(N)nc(Nc4ccc(N5CCN(C)CC5)nc4)nc23)c1. The Morgan fingerprint density at radius 1 is 1.11 bits per heavy atom. The van der Waals surface area contributed by atoms with Crippen LogP contribution in [0.25, 0.3) is 27.9 Å². The summed E-state index contributed by atoms with van der Waals surface area (Å²) in [4.78, 5) is 22.8. The molecule has 4 heterocycles. The molecule has 0 spiro atoms. The maximum absolute atomic E-state index is 11.0. The Balaban J connectivity index is 1.43. The van der Waals surface area contributed by atoms with E-state index in [2.05, 4.69) is 48.4 Å². The number of hydrogen-bond donors (Lipinski definition) is 3. The second-order valence-electron chi connectivity index (χ2n) is 8.70. The minimum absolute atomic E-state index is 0.249. The van der Waals surface area contributed by atoms with Crippen LogP contribution in [0.1, 0.15) is 5.56 Å². The number of rotatable bonds is 7. The molecule has 0 amide bonds. The normalized spacial score (nSPS) is 14.9. The van der Waals surface area contributed by atoms with Gasteiger partial charge >= 0.3 is 0 Å². The third-order valence-electron chi connectivity index (χ3n) is 6.17. The Morgan fingerprint density at radius 3 is 2.65 bits per heavy atom. The molecule has 12 heteroatoms. The third-order valence-corrected chi connectivity index (χ3v) is 6.58. The number of fused-ring (bicyclic) bond motifs is 1. The van der Waals surface area contributed by atoms with Crippen molar-refractivity contribution in [2.75, 3.05) is 49.2 Å². The summed E-state index contributed by atoms with van der Waals surface area (Å²) in [6.07, 6.45) is 3.39. The van der Waals surface area contributed by atoms with E-state index in [9.17, 15) is 8.76 Å². The number of anilines is 4. The molecule has 1 atom stereocenters. The van der Waals surface area contributed by atoms with E-state index in [-0.39, 0.29) is 5.70 Å². The summed E-state index contributed by atoms with van der Waals surface area (Å²) >= 11 is -2.47. The summed E-state index contributed by atoms with van der Waals surface area (Å²) in [6, 6.07) is 12.9. The molecular formula is C25H26N9O2S-. The van der Waals surface area contributed by atoms with E-state index in [0.717, 1.165) is 43.2 Å². The van der Waals surface area contributed by atoms with Gasteiger partial charge in [0, 0.05) is 60.3 Å². The molecule has 190 valence electrons. The first-order valence-electron chi connectivity index (χ1n) is 11.6. The zero-order valence-corrected chi connectivity index (χ0v) is 21.0. The molecule has 1 fully saturated rings. The molecule has 37 heavy (non-hydrogen) atoms. The summed E-state index contributed by atoms with van der Waals surface area (Å²) in [7, 11) is 2.12. The van der Waals surface area contributed by atoms with Crippen LogP contribution in [0.15, 0.2) is 61.4 Å². The first-order valence-corrected chi connectivity index (χ1v) is 12.7. The highest BCUT2D eigenvalue weighted by molar-refractivity contribution is 7.77. The molecule has 1 saturated heterocycles. The van der Waals surface area contributed by atoms with Crippen LogP contribution in [0.2, 0.25) is 0 Å². The van der Waals surface area contributed by atoms with Gasteiger partial charge in [0.25, 0.3) is 0 Å². The quantitative estimate of drug-likeness (QED) is 0.313. The smallest absolute Gasteiger partial charge is 0.229 e. The highest BCUT2D eigenvalue weighted by Gasteiger charge is 2.16. The number of nitrogens with two attached hydrogens (primary N) is 1. The van der Waals surface area contributed by atoms with Crippen molar-refractivity contribution >= 4 is 51.1 Å². The molecular weight excluding hydrogens is 490 g/mol. The average molecular weight is 517 g/mol. The van der Waals surface area contributed by atoms with Gasteiger partial charge in [-0.25, -0.2) is 9.97 Å². The maximum atomic E-state index is 11.0. The molecule has 4 N–H and O–H groups in total. The Labute approximate surface area is 216 Å². The largest absolute Gasteiger partial charge is 0.755 e. The monoisotopic (exact) mass is 516 g/mol. The van der Waals surface area contributed by atoms with Crippen molar-refractivity contribution in [3.63, 3.8) is 0 Å². The second-order valence-corrected chi connectivity index (χ2v) is 9.38. The fourth-order valence-electron chi connectivity index (χ4n) is 4.17. The van der Waals surface area contributed by atoms with Gasteiger partial charge < -0.3 is 30.1 Å². The molecule has 0 saturated carbocycles. The van der Waals surface area contributed by atoms with Crippen LogP contribution in [0.3, 0.4) is 0 Å². The minimum Gasteiger partial charge on any atom is -0.755 e. The molecule has 1 unspecified atom stereocenters. The van der Waals surface area contributed by atoms with Crippen molar-refractivity contribution in [2.24, 2.45) is 0 Å². The van der Waals surface area contributed by atoms with Gasteiger partial charge in [0.05, 0.1) is 17.6 Å². The van der Waals surface area contributed by atoms with E-state index in [4.69, 9.17) is 10.7 Å². The van der Waals surface area contributed by atoms with E-state index in [1.54, 1.807) is 36.7 Å². The van der Waals surface area contributed by atoms with Crippen molar-refractivity contribution in [2.45, 2.75) is 0 Å². The summed E-state index contributed by atoms with van der Waals surface area (Å²) in [6.45, 7) is 7.68. The molecule has 0 aliphatic carbocycles. The first-order chi connectivity index (χ1) is 17.9. The molecule has 0 bridgehead atoms. The summed E-state index contributed by atoms with van der Waals surface area (Å²) in [5.74, 6) is 1.56. The van der Waals surface area contributed by atoms with Crippen molar-refractivity contribution in [1.82, 2.24) is 29.6 Å². The lowest BCUT2D eigenvalue weighted by molar-refractivity contribution is 0.312.